The van der Waals surface area contributed by atoms with Gasteiger partial charge < -0.3 is 9.30 Å². The summed E-state index contributed by atoms with van der Waals surface area (Å²) in [4.78, 5) is 0. The molecule has 0 fully saturated rings. The van der Waals surface area contributed by atoms with E-state index in [1.807, 2.05) is 41.8 Å². The van der Waals surface area contributed by atoms with Crippen molar-refractivity contribution in [1.29, 1.82) is 0 Å². The average molecular weight is 350 g/mol. The van der Waals surface area contributed by atoms with Gasteiger partial charge in [0.25, 0.3) is 0 Å². The quantitative estimate of drug-likeness (QED) is 0.814. The first kappa shape index (κ1) is 17.1. The third-order valence-electron chi connectivity index (χ3n) is 4.27. The van der Waals surface area contributed by atoms with E-state index in [1.54, 1.807) is 0 Å². The van der Waals surface area contributed by atoms with Gasteiger partial charge >= 0.3 is 0 Å². The first-order valence-electron chi connectivity index (χ1n) is 7.97. The highest BCUT2D eigenvalue weighted by atomic mass is 32.2. The van der Waals surface area contributed by atoms with Crippen LogP contribution in [0.25, 0.3) is 0 Å². The lowest BCUT2D eigenvalue weighted by Crippen LogP contribution is -2.33. The number of rotatable bonds is 5. The molecule has 0 bridgehead atoms. The maximum atomic E-state index is 12.4. The van der Waals surface area contributed by atoms with Crippen molar-refractivity contribution in [2.75, 3.05) is 19.5 Å². The minimum atomic E-state index is -3.40. The van der Waals surface area contributed by atoms with E-state index < -0.39 is 10.0 Å². The number of fused-ring (bicyclic) bond motifs is 1. The third-order valence-corrected chi connectivity index (χ3v) is 5.57. The molecular weight excluding hydrogens is 328 g/mol. The second-order valence-corrected chi connectivity index (χ2v) is 7.88. The van der Waals surface area contributed by atoms with Crippen LogP contribution in [0.1, 0.15) is 30.2 Å². The number of ether oxygens (including phenoxy) is 1. The Morgan fingerprint density at radius 3 is 2.71 bits per heavy atom. The maximum Gasteiger partial charge on any atom is 0.212 e. The summed E-state index contributed by atoms with van der Waals surface area (Å²) in [5.41, 5.74) is 0.946. The Hall–Kier alpha value is -1.77. The highest BCUT2D eigenvalue weighted by molar-refractivity contribution is 7.88. The summed E-state index contributed by atoms with van der Waals surface area (Å²) in [6.07, 6.45) is 1.93. The minimum Gasteiger partial charge on any atom is -0.379 e. The van der Waals surface area contributed by atoms with Crippen molar-refractivity contribution in [2.24, 2.45) is 0 Å². The lowest BCUT2D eigenvalue weighted by Gasteiger charge is -2.27. The monoisotopic (exact) mass is 350 g/mol. The highest BCUT2D eigenvalue weighted by Crippen LogP contribution is 2.25. The summed E-state index contributed by atoms with van der Waals surface area (Å²) in [6, 6.07) is 9.32. The van der Waals surface area contributed by atoms with E-state index >= 15 is 0 Å². The molecule has 0 saturated heterocycles. The summed E-state index contributed by atoms with van der Waals surface area (Å²) in [6.45, 7) is 3.94. The molecule has 0 spiro atoms. The Morgan fingerprint density at radius 2 is 2.00 bits per heavy atom. The van der Waals surface area contributed by atoms with Crippen LogP contribution in [0.4, 0.5) is 0 Å². The molecule has 7 nitrogen and oxygen atoms in total. The summed E-state index contributed by atoms with van der Waals surface area (Å²) >= 11 is 0. The zero-order valence-corrected chi connectivity index (χ0v) is 14.7. The predicted molar refractivity (Wildman–Crippen MR) is 89.8 cm³/mol. The van der Waals surface area contributed by atoms with Crippen LogP contribution in [0.2, 0.25) is 0 Å². The Bertz CT molecular complexity index is 789. The largest absolute Gasteiger partial charge is 0.379 e. The SMILES string of the molecule is C[C@@H](c1ccccc1)N(Cc1nnc2n1CCOCC2)S(C)(=O)=O. The van der Waals surface area contributed by atoms with E-state index in [0.717, 1.165) is 11.4 Å². The Morgan fingerprint density at radius 1 is 1.25 bits per heavy atom. The average Bonchev–Trinajstić information content (AvgIpc) is 2.78. The standard InChI is InChI=1S/C16H22N4O3S/c1-13(14-6-4-3-5-7-14)20(24(2,21)22)12-16-18-17-15-8-10-23-11-9-19(15)16/h3-7,13H,8-12H2,1-2H3/t13-/m0/s1. The zero-order valence-electron chi connectivity index (χ0n) is 13.9. The fourth-order valence-electron chi connectivity index (χ4n) is 2.93. The topological polar surface area (TPSA) is 77.3 Å². The lowest BCUT2D eigenvalue weighted by atomic mass is 10.1. The van der Waals surface area contributed by atoms with Gasteiger partial charge in [-0.15, -0.1) is 10.2 Å². The number of aromatic nitrogens is 3. The van der Waals surface area contributed by atoms with E-state index in [1.165, 1.54) is 10.6 Å². The molecule has 24 heavy (non-hydrogen) atoms. The molecule has 0 saturated carbocycles. The summed E-state index contributed by atoms with van der Waals surface area (Å²) in [5.74, 6) is 1.51. The van der Waals surface area contributed by atoms with Crippen molar-refractivity contribution >= 4 is 10.0 Å². The maximum absolute atomic E-state index is 12.4. The van der Waals surface area contributed by atoms with Crippen LogP contribution in [0.15, 0.2) is 30.3 Å². The van der Waals surface area contributed by atoms with Gasteiger partial charge in [0, 0.05) is 19.0 Å². The molecule has 8 heteroatoms. The van der Waals surface area contributed by atoms with Crippen LogP contribution in [0, 0.1) is 0 Å². The molecule has 2 aromatic rings. The molecule has 2 heterocycles. The lowest BCUT2D eigenvalue weighted by molar-refractivity contribution is 0.139. The molecule has 1 aromatic heterocycles. The predicted octanol–water partition coefficient (Wildman–Crippen LogP) is 1.37. The van der Waals surface area contributed by atoms with E-state index in [-0.39, 0.29) is 12.6 Å². The molecule has 1 aliphatic heterocycles. The van der Waals surface area contributed by atoms with E-state index in [4.69, 9.17) is 4.74 Å². The Labute approximate surface area is 142 Å². The molecule has 1 aliphatic rings. The minimum absolute atomic E-state index is 0.196. The first-order valence-corrected chi connectivity index (χ1v) is 9.82. The van der Waals surface area contributed by atoms with Crippen LogP contribution in [-0.2, 0) is 34.3 Å². The molecule has 0 amide bonds. The van der Waals surface area contributed by atoms with Crippen molar-refractivity contribution in [3.05, 3.63) is 47.5 Å². The van der Waals surface area contributed by atoms with E-state index in [9.17, 15) is 8.42 Å². The van der Waals surface area contributed by atoms with Crippen LogP contribution in [0.5, 0.6) is 0 Å². The molecule has 0 N–H and O–H groups in total. The molecule has 0 unspecified atom stereocenters. The smallest absolute Gasteiger partial charge is 0.212 e. The number of nitrogens with zero attached hydrogens (tertiary/aromatic N) is 4. The highest BCUT2D eigenvalue weighted by Gasteiger charge is 2.27. The molecule has 0 radical (unpaired) electrons. The number of sulfonamides is 1. The Kier molecular flexibility index (Phi) is 4.98. The van der Waals surface area contributed by atoms with Crippen LogP contribution in [-0.4, -0.2) is 47.0 Å². The van der Waals surface area contributed by atoms with E-state index in [2.05, 4.69) is 10.2 Å². The van der Waals surface area contributed by atoms with Crippen LogP contribution < -0.4 is 0 Å². The van der Waals surface area contributed by atoms with Gasteiger partial charge in [-0.3, -0.25) is 0 Å². The number of hydrogen-bond donors (Lipinski definition) is 0. The van der Waals surface area contributed by atoms with Crippen molar-refractivity contribution in [3.63, 3.8) is 0 Å². The van der Waals surface area contributed by atoms with Gasteiger partial charge in [-0.2, -0.15) is 4.31 Å². The van der Waals surface area contributed by atoms with Gasteiger partial charge in [0.15, 0.2) is 0 Å². The molecule has 3 rings (SSSR count). The molecule has 1 aromatic carbocycles. The second-order valence-electron chi connectivity index (χ2n) is 5.94. The van der Waals surface area contributed by atoms with Gasteiger partial charge in [0.2, 0.25) is 10.0 Å². The van der Waals surface area contributed by atoms with Gasteiger partial charge in [0.1, 0.15) is 11.6 Å². The third kappa shape index (κ3) is 3.66. The number of hydrogen-bond acceptors (Lipinski definition) is 5. The van der Waals surface area contributed by atoms with Crippen molar-refractivity contribution in [2.45, 2.75) is 32.5 Å². The van der Waals surface area contributed by atoms with Crippen molar-refractivity contribution in [1.82, 2.24) is 19.1 Å². The van der Waals surface area contributed by atoms with Gasteiger partial charge in [-0.25, -0.2) is 8.42 Å². The fourth-order valence-corrected chi connectivity index (χ4v) is 3.98. The van der Waals surface area contributed by atoms with Gasteiger partial charge in [-0.1, -0.05) is 30.3 Å². The van der Waals surface area contributed by atoms with E-state index in [0.29, 0.717) is 32.0 Å². The Balaban J connectivity index is 1.90. The zero-order chi connectivity index (χ0) is 17.2. The van der Waals surface area contributed by atoms with Crippen LogP contribution >= 0.6 is 0 Å². The molecule has 0 aliphatic carbocycles. The van der Waals surface area contributed by atoms with Crippen molar-refractivity contribution < 1.29 is 13.2 Å². The normalized spacial score (nSPS) is 16.6. The van der Waals surface area contributed by atoms with Crippen molar-refractivity contribution in [3.8, 4) is 0 Å². The summed E-state index contributed by atoms with van der Waals surface area (Å²) in [5, 5.41) is 8.42. The molecular formula is C16H22N4O3S. The fraction of sp³-hybridized carbons (Fsp3) is 0.500. The van der Waals surface area contributed by atoms with Gasteiger partial charge in [0.05, 0.1) is 26.0 Å². The first-order chi connectivity index (χ1) is 11.5. The summed E-state index contributed by atoms with van der Waals surface area (Å²) < 4.78 is 33.6. The number of benzene rings is 1. The van der Waals surface area contributed by atoms with Crippen LogP contribution in [0.3, 0.4) is 0 Å². The van der Waals surface area contributed by atoms with Gasteiger partial charge in [-0.05, 0) is 12.5 Å². The molecule has 130 valence electrons. The molecule has 1 atom stereocenters. The summed E-state index contributed by atoms with van der Waals surface area (Å²) in [7, 11) is -3.40. The second kappa shape index (κ2) is 7.00.